The number of aliphatic imine (C=N–C) groups is 1. The Morgan fingerprint density at radius 2 is 1.93 bits per heavy atom. The van der Waals surface area contributed by atoms with Crippen molar-refractivity contribution in [2.75, 3.05) is 12.4 Å². The molecule has 0 atom stereocenters. The van der Waals surface area contributed by atoms with Crippen LogP contribution in [0.4, 0.5) is 5.69 Å². The summed E-state index contributed by atoms with van der Waals surface area (Å²) < 4.78 is 5.09. The summed E-state index contributed by atoms with van der Waals surface area (Å²) in [6.45, 7) is 3.38. The van der Waals surface area contributed by atoms with Gasteiger partial charge in [-0.2, -0.15) is 0 Å². The van der Waals surface area contributed by atoms with Crippen LogP contribution < -0.4 is 16.0 Å². The van der Waals surface area contributed by atoms with E-state index in [1.165, 1.54) is 11.1 Å². The summed E-state index contributed by atoms with van der Waals surface area (Å²) in [5.41, 5.74) is 1.78. The summed E-state index contributed by atoms with van der Waals surface area (Å²) in [5.74, 6) is 0.726. The normalized spacial score (nSPS) is 10.9. The van der Waals surface area contributed by atoms with Gasteiger partial charge in [-0.1, -0.05) is 19.1 Å². The third-order valence-electron chi connectivity index (χ3n) is 4.00. The van der Waals surface area contributed by atoms with E-state index in [0.29, 0.717) is 24.7 Å². The number of hydrogen-bond acceptors (Lipinski definition) is 5. The minimum atomic E-state index is -0.270. The van der Waals surface area contributed by atoms with Crippen molar-refractivity contribution < 1.29 is 9.21 Å². The standard InChI is InChI=1S/C20H23N5O2S.HI/c1-3-16-12-22-18(28-16)13-24-20(21-2)23-11-14-6-8-15(9-7-14)25-19(26)17-5-4-10-27-17;/h4-10,12H,3,11,13H2,1-2H3,(H,25,26)(H2,21,23,24);1H. The third kappa shape index (κ3) is 6.86. The fraction of sp³-hybridized carbons (Fsp3) is 0.250. The van der Waals surface area contributed by atoms with Crippen LogP contribution in [-0.4, -0.2) is 23.9 Å². The van der Waals surface area contributed by atoms with E-state index < -0.39 is 0 Å². The molecule has 0 fully saturated rings. The van der Waals surface area contributed by atoms with Gasteiger partial charge in [-0.3, -0.25) is 9.79 Å². The number of carbonyl (C=O) groups excluding carboxylic acids is 1. The minimum Gasteiger partial charge on any atom is -0.459 e. The van der Waals surface area contributed by atoms with Crippen LogP contribution in [0.2, 0.25) is 0 Å². The van der Waals surface area contributed by atoms with Crippen LogP contribution in [0.15, 0.2) is 58.3 Å². The van der Waals surface area contributed by atoms with E-state index in [-0.39, 0.29) is 35.6 Å². The highest BCUT2D eigenvalue weighted by atomic mass is 127. The topological polar surface area (TPSA) is 91.5 Å². The number of benzene rings is 1. The van der Waals surface area contributed by atoms with Crippen molar-refractivity contribution in [3.63, 3.8) is 0 Å². The van der Waals surface area contributed by atoms with Crippen molar-refractivity contribution in [3.05, 3.63) is 70.1 Å². The fourth-order valence-electron chi connectivity index (χ4n) is 2.47. The summed E-state index contributed by atoms with van der Waals surface area (Å²) in [6.07, 6.45) is 4.40. The lowest BCUT2D eigenvalue weighted by molar-refractivity contribution is 0.0996. The van der Waals surface area contributed by atoms with Crippen molar-refractivity contribution in [1.29, 1.82) is 0 Å². The van der Waals surface area contributed by atoms with Crippen LogP contribution >= 0.6 is 35.3 Å². The number of hydrogen-bond donors (Lipinski definition) is 3. The van der Waals surface area contributed by atoms with E-state index in [1.807, 2.05) is 30.5 Å². The molecule has 154 valence electrons. The van der Waals surface area contributed by atoms with Crippen LogP contribution in [0.1, 0.15) is 32.9 Å². The zero-order valence-electron chi connectivity index (χ0n) is 16.3. The third-order valence-corrected chi connectivity index (χ3v) is 5.14. The summed E-state index contributed by atoms with van der Waals surface area (Å²) >= 11 is 1.71. The molecule has 0 unspecified atom stereocenters. The molecule has 0 spiro atoms. The molecule has 1 aromatic carbocycles. The molecule has 0 saturated carbocycles. The Morgan fingerprint density at radius 3 is 2.55 bits per heavy atom. The lowest BCUT2D eigenvalue weighted by Gasteiger charge is -2.11. The zero-order valence-corrected chi connectivity index (χ0v) is 19.4. The SMILES string of the molecule is CCc1cnc(CNC(=NC)NCc2ccc(NC(=O)c3ccco3)cc2)s1.I. The molecule has 3 aromatic rings. The Bertz CT molecular complexity index is 923. The Hall–Kier alpha value is -2.40. The number of nitrogens with one attached hydrogen (secondary N) is 3. The van der Waals surface area contributed by atoms with Crippen LogP contribution in [0.3, 0.4) is 0 Å². The van der Waals surface area contributed by atoms with Gasteiger partial charge in [0.1, 0.15) is 5.01 Å². The Kier molecular flexibility index (Phi) is 9.13. The molecule has 3 N–H and O–H groups in total. The Balaban J connectivity index is 0.00000300. The highest BCUT2D eigenvalue weighted by molar-refractivity contribution is 14.0. The fourth-order valence-corrected chi connectivity index (χ4v) is 3.27. The van der Waals surface area contributed by atoms with Crippen LogP contribution in [0.25, 0.3) is 0 Å². The predicted octanol–water partition coefficient (Wildman–Crippen LogP) is 4.03. The summed E-state index contributed by atoms with van der Waals surface area (Å²) in [7, 11) is 1.74. The smallest absolute Gasteiger partial charge is 0.291 e. The number of guanidine groups is 1. The zero-order chi connectivity index (χ0) is 19.8. The monoisotopic (exact) mass is 525 g/mol. The Labute approximate surface area is 191 Å². The first kappa shape index (κ1) is 22.9. The van der Waals surface area contributed by atoms with E-state index >= 15 is 0 Å². The first-order chi connectivity index (χ1) is 13.7. The molecule has 1 amide bonds. The number of aryl methyl sites for hydroxylation is 1. The number of rotatable bonds is 7. The molecule has 0 aliphatic rings. The van der Waals surface area contributed by atoms with E-state index in [0.717, 1.165) is 17.0 Å². The number of amides is 1. The van der Waals surface area contributed by atoms with Gasteiger partial charge < -0.3 is 20.4 Å². The lowest BCUT2D eigenvalue weighted by atomic mass is 10.2. The average molecular weight is 525 g/mol. The predicted molar refractivity (Wildman–Crippen MR) is 127 cm³/mol. The van der Waals surface area contributed by atoms with Gasteiger partial charge in [0, 0.05) is 30.4 Å². The quantitative estimate of drug-likeness (QED) is 0.246. The first-order valence-corrected chi connectivity index (χ1v) is 9.81. The maximum Gasteiger partial charge on any atom is 0.291 e. The van der Waals surface area contributed by atoms with E-state index in [9.17, 15) is 4.79 Å². The van der Waals surface area contributed by atoms with Crippen molar-refractivity contribution >= 4 is 52.9 Å². The molecular formula is C20H24IN5O2S. The molecular weight excluding hydrogens is 501 g/mol. The molecule has 0 bridgehead atoms. The molecule has 0 aliphatic heterocycles. The number of aromatic nitrogens is 1. The molecule has 2 heterocycles. The van der Waals surface area contributed by atoms with Gasteiger partial charge in [-0.15, -0.1) is 35.3 Å². The van der Waals surface area contributed by atoms with Gasteiger partial charge in [-0.05, 0) is 36.2 Å². The van der Waals surface area contributed by atoms with Crippen molar-refractivity contribution in [1.82, 2.24) is 15.6 Å². The molecule has 9 heteroatoms. The van der Waals surface area contributed by atoms with Gasteiger partial charge in [0.05, 0.1) is 12.8 Å². The first-order valence-electron chi connectivity index (χ1n) is 9.00. The largest absolute Gasteiger partial charge is 0.459 e. The van der Waals surface area contributed by atoms with Crippen LogP contribution in [0.5, 0.6) is 0 Å². The molecule has 0 aliphatic carbocycles. The Morgan fingerprint density at radius 1 is 1.17 bits per heavy atom. The van der Waals surface area contributed by atoms with Crippen LogP contribution in [-0.2, 0) is 19.5 Å². The lowest BCUT2D eigenvalue weighted by Crippen LogP contribution is -2.36. The average Bonchev–Trinajstić information content (AvgIpc) is 3.41. The van der Waals surface area contributed by atoms with Gasteiger partial charge in [0.15, 0.2) is 11.7 Å². The highest BCUT2D eigenvalue weighted by Gasteiger charge is 2.08. The summed E-state index contributed by atoms with van der Waals surface area (Å²) in [5, 5.41) is 10.4. The maximum atomic E-state index is 12.0. The second-order valence-electron chi connectivity index (χ2n) is 5.98. The van der Waals surface area contributed by atoms with E-state index in [2.05, 4.69) is 32.9 Å². The minimum absolute atomic E-state index is 0. The number of halogens is 1. The number of carbonyl (C=O) groups is 1. The number of furan rings is 1. The molecule has 29 heavy (non-hydrogen) atoms. The van der Waals surface area contributed by atoms with Gasteiger partial charge in [0.25, 0.3) is 5.91 Å². The number of nitrogens with zero attached hydrogens (tertiary/aromatic N) is 2. The van der Waals surface area contributed by atoms with Crippen molar-refractivity contribution in [3.8, 4) is 0 Å². The second kappa shape index (κ2) is 11.6. The number of thiazole rings is 1. The maximum absolute atomic E-state index is 12.0. The van der Waals surface area contributed by atoms with Crippen LogP contribution in [0, 0.1) is 0 Å². The van der Waals surface area contributed by atoms with Gasteiger partial charge >= 0.3 is 0 Å². The van der Waals surface area contributed by atoms with Crippen molar-refractivity contribution in [2.45, 2.75) is 26.4 Å². The molecule has 0 radical (unpaired) electrons. The van der Waals surface area contributed by atoms with E-state index in [4.69, 9.17) is 4.42 Å². The molecule has 7 nitrogen and oxygen atoms in total. The summed E-state index contributed by atoms with van der Waals surface area (Å²) in [4.78, 5) is 21.9. The van der Waals surface area contributed by atoms with Crippen molar-refractivity contribution in [2.24, 2.45) is 4.99 Å². The molecule has 0 saturated heterocycles. The number of anilines is 1. The highest BCUT2D eigenvalue weighted by Crippen LogP contribution is 2.13. The van der Waals surface area contributed by atoms with E-state index in [1.54, 1.807) is 30.5 Å². The van der Waals surface area contributed by atoms with Gasteiger partial charge in [0.2, 0.25) is 0 Å². The second-order valence-corrected chi connectivity index (χ2v) is 7.18. The summed E-state index contributed by atoms with van der Waals surface area (Å²) in [6, 6.07) is 10.9. The van der Waals surface area contributed by atoms with Gasteiger partial charge in [-0.25, -0.2) is 4.98 Å². The molecule has 3 rings (SSSR count). The molecule has 2 aromatic heterocycles.